The van der Waals surface area contributed by atoms with Crippen molar-refractivity contribution in [2.45, 2.75) is 6.54 Å². The maximum Gasteiger partial charge on any atom is 0.145 e. The van der Waals surface area contributed by atoms with E-state index in [0.717, 1.165) is 12.1 Å². The highest BCUT2D eigenvalue weighted by atomic mass is 35.5. The van der Waals surface area contributed by atoms with Gasteiger partial charge in [0.15, 0.2) is 0 Å². The van der Waals surface area contributed by atoms with Crippen LogP contribution in [0.3, 0.4) is 0 Å². The monoisotopic (exact) mass is 248 g/mol. The summed E-state index contributed by atoms with van der Waals surface area (Å²) < 4.78 is 5.62. The number of aromatic nitrogens is 1. The number of pyridine rings is 1. The van der Waals surface area contributed by atoms with Gasteiger partial charge in [-0.2, -0.15) is 0 Å². The summed E-state index contributed by atoms with van der Waals surface area (Å²) in [6.45, 7) is 0.742. The molecule has 1 N–H and O–H groups in total. The van der Waals surface area contributed by atoms with E-state index in [4.69, 9.17) is 16.3 Å². The van der Waals surface area contributed by atoms with Gasteiger partial charge < -0.3 is 10.1 Å². The summed E-state index contributed by atoms with van der Waals surface area (Å²) in [6.07, 6.45) is 3.37. The van der Waals surface area contributed by atoms with E-state index in [0.29, 0.717) is 16.5 Å². The van der Waals surface area contributed by atoms with Gasteiger partial charge in [-0.1, -0.05) is 17.7 Å². The predicted octanol–water partition coefficient (Wildman–Crippen LogP) is 3.25. The average molecular weight is 249 g/mol. The molecule has 1 heterocycles. The lowest BCUT2D eigenvalue weighted by molar-refractivity contribution is 0.480. The minimum Gasteiger partial charge on any atom is -0.456 e. The number of rotatable bonds is 4. The van der Waals surface area contributed by atoms with E-state index < -0.39 is 0 Å². The third-order valence-electron chi connectivity index (χ3n) is 2.26. The van der Waals surface area contributed by atoms with Crippen molar-refractivity contribution in [3.8, 4) is 11.5 Å². The molecule has 0 bridgehead atoms. The molecule has 2 rings (SSSR count). The van der Waals surface area contributed by atoms with Crippen LogP contribution in [0.2, 0.25) is 5.02 Å². The van der Waals surface area contributed by atoms with E-state index in [1.54, 1.807) is 18.5 Å². The van der Waals surface area contributed by atoms with Crippen molar-refractivity contribution in [3.05, 3.63) is 53.3 Å². The van der Waals surface area contributed by atoms with Crippen molar-refractivity contribution in [3.63, 3.8) is 0 Å². The van der Waals surface area contributed by atoms with Crippen molar-refractivity contribution < 1.29 is 4.74 Å². The van der Waals surface area contributed by atoms with Gasteiger partial charge in [0.25, 0.3) is 0 Å². The summed E-state index contributed by atoms with van der Waals surface area (Å²) in [4.78, 5) is 3.98. The molecule has 0 fully saturated rings. The highest BCUT2D eigenvalue weighted by Crippen LogP contribution is 2.26. The Morgan fingerprint density at radius 2 is 2.18 bits per heavy atom. The molecule has 2 aromatic rings. The van der Waals surface area contributed by atoms with Gasteiger partial charge in [0.05, 0.1) is 6.20 Å². The second-order valence-electron chi connectivity index (χ2n) is 3.57. The van der Waals surface area contributed by atoms with E-state index in [9.17, 15) is 0 Å². The Morgan fingerprint density at radius 1 is 1.29 bits per heavy atom. The van der Waals surface area contributed by atoms with Crippen LogP contribution in [0.15, 0.2) is 42.7 Å². The molecule has 0 saturated heterocycles. The van der Waals surface area contributed by atoms with Gasteiger partial charge >= 0.3 is 0 Å². The van der Waals surface area contributed by atoms with Crippen LogP contribution in [0.4, 0.5) is 0 Å². The molecule has 1 aromatic heterocycles. The third kappa shape index (κ3) is 3.19. The van der Waals surface area contributed by atoms with Crippen LogP contribution in [-0.2, 0) is 6.54 Å². The van der Waals surface area contributed by atoms with Crippen LogP contribution >= 0.6 is 11.6 Å². The largest absolute Gasteiger partial charge is 0.456 e. The highest BCUT2D eigenvalue weighted by Gasteiger charge is 2.02. The average Bonchev–Trinajstić information content (AvgIpc) is 2.34. The summed E-state index contributed by atoms with van der Waals surface area (Å²) in [6, 6.07) is 9.33. The minimum absolute atomic E-state index is 0.695. The maximum atomic E-state index is 6.14. The number of nitrogens with one attached hydrogen (secondary N) is 1. The van der Waals surface area contributed by atoms with Gasteiger partial charge in [-0.15, -0.1) is 0 Å². The van der Waals surface area contributed by atoms with Crippen molar-refractivity contribution in [2.75, 3.05) is 7.05 Å². The van der Waals surface area contributed by atoms with Crippen LogP contribution in [0.25, 0.3) is 0 Å². The zero-order chi connectivity index (χ0) is 12.1. The lowest BCUT2D eigenvalue weighted by Crippen LogP contribution is -2.05. The quantitative estimate of drug-likeness (QED) is 0.902. The van der Waals surface area contributed by atoms with E-state index in [1.165, 1.54) is 0 Å². The Morgan fingerprint density at radius 3 is 2.82 bits per heavy atom. The Balaban J connectivity index is 2.15. The Kier molecular flexibility index (Phi) is 3.96. The van der Waals surface area contributed by atoms with Crippen molar-refractivity contribution in [2.24, 2.45) is 0 Å². The molecule has 0 aliphatic heterocycles. The van der Waals surface area contributed by atoms with E-state index in [2.05, 4.69) is 10.3 Å². The molecule has 88 valence electrons. The fourth-order valence-electron chi connectivity index (χ4n) is 1.47. The molecule has 0 amide bonds. The van der Waals surface area contributed by atoms with Gasteiger partial charge in [-0.05, 0) is 36.9 Å². The van der Waals surface area contributed by atoms with Crippen molar-refractivity contribution in [1.82, 2.24) is 10.3 Å². The number of benzene rings is 1. The Hall–Kier alpha value is -1.58. The molecular weight excluding hydrogens is 236 g/mol. The molecule has 0 atom stereocenters. The van der Waals surface area contributed by atoms with Crippen LogP contribution < -0.4 is 10.1 Å². The molecule has 17 heavy (non-hydrogen) atoms. The molecule has 1 aromatic carbocycles. The van der Waals surface area contributed by atoms with Gasteiger partial charge in [0.1, 0.15) is 11.5 Å². The normalized spacial score (nSPS) is 10.2. The van der Waals surface area contributed by atoms with Crippen LogP contribution in [0, 0.1) is 0 Å². The van der Waals surface area contributed by atoms with Crippen LogP contribution in [0.1, 0.15) is 5.56 Å². The lowest BCUT2D eigenvalue weighted by atomic mass is 10.2. The standard InChI is InChI=1S/C13H13ClN2O/c1-15-8-10-4-5-11(7-13(10)14)17-12-3-2-6-16-9-12/h2-7,9,15H,8H2,1H3. The molecule has 0 aliphatic carbocycles. The molecule has 0 radical (unpaired) electrons. The van der Waals surface area contributed by atoms with Crippen molar-refractivity contribution in [1.29, 1.82) is 0 Å². The smallest absolute Gasteiger partial charge is 0.145 e. The van der Waals surface area contributed by atoms with E-state index >= 15 is 0 Å². The van der Waals surface area contributed by atoms with E-state index in [1.807, 2.05) is 31.3 Å². The zero-order valence-corrected chi connectivity index (χ0v) is 10.2. The fourth-order valence-corrected chi connectivity index (χ4v) is 1.71. The maximum absolute atomic E-state index is 6.14. The Bertz CT molecular complexity index is 488. The third-order valence-corrected chi connectivity index (χ3v) is 2.61. The zero-order valence-electron chi connectivity index (χ0n) is 9.48. The van der Waals surface area contributed by atoms with Gasteiger partial charge in [-0.3, -0.25) is 4.98 Å². The van der Waals surface area contributed by atoms with Crippen molar-refractivity contribution >= 4 is 11.6 Å². The highest BCUT2D eigenvalue weighted by molar-refractivity contribution is 6.31. The number of ether oxygens (including phenoxy) is 1. The summed E-state index contributed by atoms with van der Waals surface area (Å²) >= 11 is 6.14. The lowest BCUT2D eigenvalue weighted by Gasteiger charge is -2.08. The number of hydrogen-bond donors (Lipinski definition) is 1. The molecule has 0 saturated carbocycles. The van der Waals surface area contributed by atoms with Gasteiger partial charge in [0.2, 0.25) is 0 Å². The molecule has 0 aliphatic rings. The molecule has 4 heteroatoms. The number of hydrogen-bond acceptors (Lipinski definition) is 3. The second kappa shape index (κ2) is 5.66. The number of halogens is 1. The summed E-state index contributed by atoms with van der Waals surface area (Å²) in [7, 11) is 1.89. The second-order valence-corrected chi connectivity index (χ2v) is 3.98. The summed E-state index contributed by atoms with van der Waals surface area (Å²) in [5, 5.41) is 3.75. The molecule has 3 nitrogen and oxygen atoms in total. The first-order valence-corrected chi connectivity index (χ1v) is 5.68. The first-order valence-electron chi connectivity index (χ1n) is 5.30. The van der Waals surface area contributed by atoms with Gasteiger partial charge in [-0.25, -0.2) is 0 Å². The first-order chi connectivity index (χ1) is 8.29. The van der Waals surface area contributed by atoms with E-state index in [-0.39, 0.29) is 0 Å². The first kappa shape index (κ1) is 11.9. The summed E-state index contributed by atoms with van der Waals surface area (Å²) in [5.41, 5.74) is 1.05. The fraction of sp³-hybridized carbons (Fsp3) is 0.154. The Labute approximate surface area is 105 Å². The topological polar surface area (TPSA) is 34.1 Å². The molecule has 0 unspecified atom stereocenters. The minimum atomic E-state index is 0.695. The van der Waals surface area contributed by atoms with Crippen LogP contribution in [0.5, 0.6) is 11.5 Å². The van der Waals surface area contributed by atoms with Crippen LogP contribution in [-0.4, -0.2) is 12.0 Å². The molecular formula is C13H13ClN2O. The van der Waals surface area contributed by atoms with Gasteiger partial charge in [0, 0.05) is 17.8 Å². The SMILES string of the molecule is CNCc1ccc(Oc2cccnc2)cc1Cl. The molecule has 0 spiro atoms. The number of nitrogens with zero attached hydrogens (tertiary/aromatic N) is 1. The predicted molar refractivity (Wildman–Crippen MR) is 68.5 cm³/mol. The summed E-state index contributed by atoms with van der Waals surface area (Å²) in [5.74, 6) is 1.41.